The molecule has 142 valence electrons. The summed E-state index contributed by atoms with van der Waals surface area (Å²) in [7, 11) is 0. The number of hydrogen-bond acceptors (Lipinski definition) is 4. The molecule has 4 atom stereocenters. The summed E-state index contributed by atoms with van der Waals surface area (Å²) in [5.74, 6) is 1.70. The van der Waals surface area contributed by atoms with Gasteiger partial charge in [-0.05, 0) is 31.6 Å². The highest BCUT2D eigenvalue weighted by Crippen LogP contribution is 2.33. The number of nitrogens with one attached hydrogen (secondary N) is 3. The van der Waals surface area contributed by atoms with Crippen LogP contribution in [0, 0.1) is 5.92 Å². The Hall–Kier alpha value is -0.950. The summed E-state index contributed by atoms with van der Waals surface area (Å²) in [5, 5.41) is 9.64. The summed E-state index contributed by atoms with van der Waals surface area (Å²) in [4.78, 5) is 23.6. The van der Waals surface area contributed by atoms with Crippen LogP contribution < -0.4 is 21.7 Å². The minimum atomic E-state index is -0.0322. The quantitative estimate of drug-likeness (QED) is 0.388. The summed E-state index contributed by atoms with van der Waals surface area (Å²) < 4.78 is 0. The summed E-state index contributed by atoms with van der Waals surface area (Å²) in [6.45, 7) is 0.547. The zero-order valence-electron chi connectivity index (χ0n) is 15.0. The zero-order chi connectivity index (χ0) is 17.6. The van der Waals surface area contributed by atoms with E-state index in [2.05, 4.69) is 16.0 Å². The first kappa shape index (κ1) is 18.8. The average molecular weight is 369 g/mol. The lowest BCUT2D eigenvalue weighted by Gasteiger charge is -2.30. The van der Waals surface area contributed by atoms with Gasteiger partial charge in [0.15, 0.2) is 0 Å². The molecule has 2 heterocycles. The molecule has 2 aliphatic heterocycles. The van der Waals surface area contributed by atoms with Crippen LogP contribution in [0.5, 0.6) is 0 Å². The van der Waals surface area contributed by atoms with E-state index in [1.54, 1.807) is 0 Å². The molecule has 0 aromatic rings. The first-order chi connectivity index (χ1) is 12.2. The first-order valence-electron chi connectivity index (χ1n) is 9.85. The van der Waals surface area contributed by atoms with E-state index in [0.717, 1.165) is 25.0 Å². The fourth-order valence-electron chi connectivity index (χ4n) is 4.46. The van der Waals surface area contributed by atoms with Crippen molar-refractivity contribution in [1.29, 1.82) is 0 Å². The molecule has 0 radical (unpaired) electrons. The highest BCUT2D eigenvalue weighted by atomic mass is 32.2. The first-order valence-corrected chi connectivity index (χ1v) is 10.9. The number of thioether (sulfide) groups is 1. The molecule has 6 nitrogen and oxygen atoms in total. The predicted molar refractivity (Wildman–Crippen MR) is 102 cm³/mol. The van der Waals surface area contributed by atoms with Crippen LogP contribution in [0.4, 0.5) is 4.79 Å². The molecule has 0 bridgehead atoms. The maximum atomic E-state index is 12.2. The fraction of sp³-hybridized carbons (Fsp3) is 0.889. The second-order valence-electron chi connectivity index (χ2n) is 7.68. The number of urea groups is 1. The van der Waals surface area contributed by atoms with E-state index >= 15 is 0 Å². The average Bonchev–Trinajstić information content (AvgIpc) is 3.17. The monoisotopic (exact) mass is 368 g/mol. The van der Waals surface area contributed by atoms with Gasteiger partial charge in [0.05, 0.1) is 12.1 Å². The molecule has 1 unspecified atom stereocenters. The van der Waals surface area contributed by atoms with Crippen molar-refractivity contribution in [3.8, 4) is 0 Å². The third-order valence-corrected chi connectivity index (χ3v) is 7.41. The standard InChI is InChI=1S/C18H32N4O2S/c19-10-13(12-6-2-1-3-7-12)20-16(23)9-5-4-8-15-17-14(11-25-15)21-18(24)22-17/h12-15,17H,1-11,19H2,(H,20,23)(H2,21,22,24)/t13?,14-,15-,17-/m0/s1. The van der Waals surface area contributed by atoms with Crippen LogP contribution in [-0.4, -0.2) is 47.6 Å². The van der Waals surface area contributed by atoms with Crippen LogP contribution >= 0.6 is 11.8 Å². The number of fused-ring (bicyclic) bond motifs is 1. The van der Waals surface area contributed by atoms with Gasteiger partial charge >= 0.3 is 6.03 Å². The van der Waals surface area contributed by atoms with Crippen molar-refractivity contribution in [2.45, 2.75) is 81.2 Å². The van der Waals surface area contributed by atoms with E-state index in [0.29, 0.717) is 24.1 Å². The van der Waals surface area contributed by atoms with E-state index in [1.165, 1.54) is 32.1 Å². The van der Waals surface area contributed by atoms with Crippen LogP contribution in [0.3, 0.4) is 0 Å². The molecule has 1 aliphatic carbocycles. The molecule has 0 spiro atoms. The van der Waals surface area contributed by atoms with Gasteiger partial charge in [-0.2, -0.15) is 11.8 Å². The second-order valence-corrected chi connectivity index (χ2v) is 8.95. The van der Waals surface area contributed by atoms with Crippen molar-refractivity contribution in [3.63, 3.8) is 0 Å². The highest BCUT2D eigenvalue weighted by Gasteiger charge is 2.42. The lowest BCUT2D eigenvalue weighted by atomic mass is 9.84. The van der Waals surface area contributed by atoms with Crippen LogP contribution in [0.25, 0.3) is 0 Å². The molecule has 3 aliphatic rings. The summed E-state index contributed by atoms with van der Waals surface area (Å²) in [6, 6.07) is 0.666. The van der Waals surface area contributed by atoms with Gasteiger partial charge in [-0.15, -0.1) is 0 Å². The van der Waals surface area contributed by atoms with Crippen molar-refractivity contribution < 1.29 is 9.59 Å². The number of rotatable bonds is 8. The molecule has 7 heteroatoms. The largest absolute Gasteiger partial charge is 0.352 e. The third-order valence-electron chi connectivity index (χ3n) is 5.90. The molecule has 25 heavy (non-hydrogen) atoms. The summed E-state index contributed by atoms with van der Waals surface area (Å²) in [5.41, 5.74) is 5.89. The Balaban J connectivity index is 1.31. The highest BCUT2D eigenvalue weighted by molar-refractivity contribution is 8.00. The van der Waals surface area contributed by atoms with E-state index in [1.807, 2.05) is 11.8 Å². The van der Waals surface area contributed by atoms with Crippen LogP contribution in [0.15, 0.2) is 0 Å². The van der Waals surface area contributed by atoms with Gasteiger partial charge in [0, 0.05) is 30.0 Å². The number of amides is 3. The maximum Gasteiger partial charge on any atom is 0.315 e. The molecule has 0 aromatic heterocycles. The van der Waals surface area contributed by atoms with Crippen molar-refractivity contribution >= 4 is 23.7 Å². The molecule has 3 amide bonds. The molecule has 2 saturated heterocycles. The Bertz CT molecular complexity index is 470. The molecular formula is C18H32N4O2S. The minimum Gasteiger partial charge on any atom is -0.352 e. The van der Waals surface area contributed by atoms with E-state index in [9.17, 15) is 9.59 Å². The molecule has 5 N–H and O–H groups in total. The van der Waals surface area contributed by atoms with Gasteiger partial charge in [0.25, 0.3) is 0 Å². The van der Waals surface area contributed by atoms with Crippen molar-refractivity contribution in [3.05, 3.63) is 0 Å². The Morgan fingerprint density at radius 3 is 2.80 bits per heavy atom. The summed E-state index contributed by atoms with van der Waals surface area (Å²) >= 11 is 1.93. The van der Waals surface area contributed by atoms with E-state index < -0.39 is 0 Å². The SMILES string of the molecule is NCC(NC(=O)CCCC[C@@H]1SC[C@@H]2NC(=O)N[C@@H]21)C1CCCCC1. The Kier molecular flexibility index (Phi) is 6.87. The number of carbonyl (C=O) groups excluding carboxylic acids is 2. The molecular weight excluding hydrogens is 336 g/mol. The predicted octanol–water partition coefficient (Wildman–Crippen LogP) is 1.74. The van der Waals surface area contributed by atoms with Crippen molar-refractivity contribution in [2.75, 3.05) is 12.3 Å². The topological polar surface area (TPSA) is 96.2 Å². The number of unbranched alkanes of at least 4 members (excludes halogenated alkanes) is 1. The van der Waals surface area contributed by atoms with Gasteiger partial charge < -0.3 is 21.7 Å². The Morgan fingerprint density at radius 1 is 1.24 bits per heavy atom. The number of nitrogens with two attached hydrogens (primary N) is 1. The van der Waals surface area contributed by atoms with Crippen LogP contribution in [-0.2, 0) is 4.79 Å². The Labute approximate surface area is 154 Å². The molecule has 0 aromatic carbocycles. The zero-order valence-corrected chi connectivity index (χ0v) is 15.8. The maximum absolute atomic E-state index is 12.2. The lowest BCUT2D eigenvalue weighted by Crippen LogP contribution is -2.45. The summed E-state index contributed by atoms with van der Waals surface area (Å²) in [6.07, 6.45) is 9.83. The molecule has 1 saturated carbocycles. The minimum absolute atomic E-state index is 0.0322. The van der Waals surface area contributed by atoms with Gasteiger partial charge in [-0.25, -0.2) is 4.79 Å². The van der Waals surface area contributed by atoms with Crippen molar-refractivity contribution in [1.82, 2.24) is 16.0 Å². The van der Waals surface area contributed by atoms with Gasteiger partial charge in [0.2, 0.25) is 5.91 Å². The van der Waals surface area contributed by atoms with E-state index in [4.69, 9.17) is 5.73 Å². The second kappa shape index (κ2) is 9.12. The fourth-order valence-corrected chi connectivity index (χ4v) is 6.00. The Morgan fingerprint density at radius 2 is 2.04 bits per heavy atom. The van der Waals surface area contributed by atoms with Crippen LogP contribution in [0.1, 0.15) is 57.8 Å². The van der Waals surface area contributed by atoms with Crippen molar-refractivity contribution in [2.24, 2.45) is 11.7 Å². The smallest absolute Gasteiger partial charge is 0.315 e. The number of carbonyl (C=O) groups is 2. The molecule has 3 fully saturated rings. The molecule has 3 rings (SSSR count). The van der Waals surface area contributed by atoms with E-state index in [-0.39, 0.29) is 30.1 Å². The third kappa shape index (κ3) is 5.03. The lowest BCUT2D eigenvalue weighted by molar-refractivity contribution is -0.122. The van der Waals surface area contributed by atoms with Gasteiger partial charge in [-0.3, -0.25) is 4.79 Å². The van der Waals surface area contributed by atoms with Gasteiger partial charge in [0.1, 0.15) is 0 Å². The van der Waals surface area contributed by atoms with Crippen LogP contribution in [0.2, 0.25) is 0 Å². The van der Waals surface area contributed by atoms with Gasteiger partial charge in [-0.1, -0.05) is 25.7 Å². The normalized spacial score (nSPS) is 30.4. The number of hydrogen-bond donors (Lipinski definition) is 4.